The number of carboxylic acid groups (broad SMARTS) is 1. The van der Waals surface area contributed by atoms with Crippen molar-refractivity contribution in [2.75, 3.05) is 0 Å². The van der Waals surface area contributed by atoms with Gasteiger partial charge in [0.2, 0.25) is 0 Å². The minimum atomic E-state index is -1.21. The fraction of sp³-hybridized carbons (Fsp3) is 0.111. The van der Waals surface area contributed by atoms with Crippen molar-refractivity contribution < 1.29 is 9.90 Å². The molecule has 0 radical (unpaired) electrons. The molecule has 0 saturated heterocycles. The van der Waals surface area contributed by atoms with Gasteiger partial charge in [0.25, 0.3) is 0 Å². The van der Waals surface area contributed by atoms with Gasteiger partial charge in [0, 0.05) is 0 Å². The van der Waals surface area contributed by atoms with E-state index < -0.39 is 5.97 Å². The second-order valence-corrected chi connectivity index (χ2v) is 1.91. The molecule has 0 amide bonds. The van der Waals surface area contributed by atoms with E-state index in [2.05, 4.69) is 0 Å². The quantitative estimate of drug-likeness (QED) is 0.391. The van der Waals surface area contributed by atoms with Gasteiger partial charge in [-0.1, -0.05) is 24.3 Å². The number of hydrogen-bond acceptors (Lipinski definition) is 2. The van der Waals surface area contributed by atoms with Crippen LogP contribution in [0.3, 0.4) is 0 Å². The van der Waals surface area contributed by atoms with Gasteiger partial charge in [0.15, 0.2) is 0 Å². The summed E-state index contributed by atoms with van der Waals surface area (Å²) >= 11 is 0. The second kappa shape index (κ2) is 5.93. The van der Waals surface area contributed by atoms with Crippen molar-refractivity contribution >= 4 is 5.97 Å². The Morgan fingerprint density at radius 1 is 1.42 bits per heavy atom. The minimum absolute atomic E-state index is 0.268. The van der Waals surface area contributed by atoms with Crippen molar-refractivity contribution in [1.82, 2.24) is 0 Å². The molecule has 62 valence electrons. The molecule has 0 spiro atoms. The molecular formula is C9H9NO2. The normalized spacial score (nSPS) is 12.2. The van der Waals surface area contributed by atoms with Crippen LogP contribution in [0.5, 0.6) is 0 Å². The molecule has 1 N–H and O–H groups in total. The Bertz CT molecular complexity index is 279. The van der Waals surface area contributed by atoms with Crippen LogP contribution >= 0.6 is 0 Å². The Morgan fingerprint density at radius 2 is 2.08 bits per heavy atom. The zero-order valence-corrected chi connectivity index (χ0v) is 6.69. The van der Waals surface area contributed by atoms with Crippen LogP contribution in [0.1, 0.15) is 6.92 Å². The average molecular weight is 163 g/mol. The van der Waals surface area contributed by atoms with E-state index in [9.17, 15) is 4.79 Å². The van der Waals surface area contributed by atoms with Crippen LogP contribution in [-0.2, 0) is 4.79 Å². The zero-order valence-electron chi connectivity index (χ0n) is 6.69. The van der Waals surface area contributed by atoms with Crippen LogP contribution in [0.25, 0.3) is 0 Å². The number of carbonyl (C=O) groups is 1. The first-order valence-electron chi connectivity index (χ1n) is 3.35. The molecule has 0 rings (SSSR count). The molecule has 0 aromatic carbocycles. The van der Waals surface area contributed by atoms with Crippen LogP contribution in [-0.4, -0.2) is 11.1 Å². The Labute approximate surface area is 70.9 Å². The molecule has 0 aliphatic carbocycles. The SMILES string of the molecule is CC=CC=CC=C(C#N)C(=O)O. The highest BCUT2D eigenvalue weighted by Crippen LogP contribution is 1.92. The van der Waals surface area contributed by atoms with Crippen LogP contribution in [0.4, 0.5) is 0 Å². The lowest BCUT2D eigenvalue weighted by atomic mass is 10.2. The molecule has 0 atom stereocenters. The highest BCUT2D eigenvalue weighted by molar-refractivity contribution is 5.91. The lowest BCUT2D eigenvalue weighted by Gasteiger charge is -1.83. The Hall–Kier alpha value is -1.82. The fourth-order valence-corrected chi connectivity index (χ4v) is 0.483. The summed E-state index contributed by atoms with van der Waals surface area (Å²) in [6.07, 6.45) is 7.96. The molecular weight excluding hydrogens is 154 g/mol. The maximum absolute atomic E-state index is 10.3. The largest absolute Gasteiger partial charge is 0.477 e. The Balaban J connectivity index is 4.34. The molecule has 0 aliphatic heterocycles. The Morgan fingerprint density at radius 3 is 2.50 bits per heavy atom. The van der Waals surface area contributed by atoms with Gasteiger partial charge in [-0.2, -0.15) is 5.26 Å². The van der Waals surface area contributed by atoms with Gasteiger partial charge in [-0.15, -0.1) is 0 Å². The van der Waals surface area contributed by atoms with Crippen LogP contribution in [0, 0.1) is 11.3 Å². The molecule has 0 saturated carbocycles. The van der Waals surface area contributed by atoms with Crippen molar-refractivity contribution in [2.24, 2.45) is 0 Å². The standard InChI is InChI=1S/C9H9NO2/c1-2-3-4-5-6-8(7-10)9(11)12/h2-6H,1H3,(H,11,12). The number of carboxylic acids is 1. The first kappa shape index (κ1) is 10.2. The molecule has 0 aliphatic rings. The van der Waals surface area contributed by atoms with Crippen LogP contribution in [0.2, 0.25) is 0 Å². The molecule has 0 heterocycles. The van der Waals surface area contributed by atoms with E-state index in [1.807, 2.05) is 6.92 Å². The van der Waals surface area contributed by atoms with E-state index in [0.29, 0.717) is 0 Å². The van der Waals surface area contributed by atoms with Gasteiger partial charge in [-0.25, -0.2) is 4.79 Å². The van der Waals surface area contributed by atoms with Gasteiger partial charge in [0.05, 0.1) is 0 Å². The topological polar surface area (TPSA) is 61.1 Å². The summed E-state index contributed by atoms with van der Waals surface area (Å²) in [7, 11) is 0. The fourth-order valence-electron chi connectivity index (χ4n) is 0.483. The maximum atomic E-state index is 10.3. The summed E-state index contributed by atoms with van der Waals surface area (Å²) in [5.74, 6) is -1.21. The molecule has 0 fully saturated rings. The highest BCUT2D eigenvalue weighted by Gasteiger charge is 2.01. The van der Waals surface area contributed by atoms with Gasteiger partial charge < -0.3 is 5.11 Å². The third-order valence-corrected chi connectivity index (χ3v) is 1.03. The third-order valence-electron chi connectivity index (χ3n) is 1.03. The predicted octanol–water partition coefficient (Wildman–Crippen LogP) is 1.65. The number of rotatable bonds is 3. The summed E-state index contributed by atoms with van der Waals surface area (Å²) in [6, 6.07) is 1.56. The van der Waals surface area contributed by atoms with Crippen LogP contribution in [0.15, 0.2) is 36.0 Å². The van der Waals surface area contributed by atoms with Crippen molar-refractivity contribution in [3.63, 3.8) is 0 Å². The highest BCUT2D eigenvalue weighted by atomic mass is 16.4. The number of nitriles is 1. The molecule has 0 aromatic rings. The van der Waals surface area contributed by atoms with Crippen molar-refractivity contribution in [1.29, 1.82) is 5.26 Å². The number of allylic oxidation sites excluding steroid dienone is 5. The van der Waals surface area contributed by atoms with Crippen molar-refractivity contribution in [2.45, 2.75) is 6.92 Å². The molecule has 3 nitrogen and oxygen atoms in total. The average Bonchev–Trinajstić information content (AvgIpc) is 2.04. The van der Waals surface area contributed by atoms with Gasteiger partial charge in [-0.05, 0) is 13.0 Å². The molecule has 3 heteroatoms. The number of aliphatic carboxylic acids is 1. The summed E-state index contributed by atoms with van der Waals surface area (Å²) in [6.45, 7) is 1.84. The molecule has 0 bridgehead atoms. The van der Waals surface area contributed by atoms with E-state index in [0.717, 1.165) is 0 Å². The first-order valence-corrected chi connectivity index (χ1v) is 3.35. The lowest BCUT2D eigenvalue weighted by molar-refractivity contribution is -0.132. The molecule has 0 unspecified atom stereocenters. The maximum Gasteiger partial charge on any atom is 0.346 e. The second-order valence-electron chi connectivity index (χ2n) is 1.91. The first-order chi connectivity index (χ1) is 5.72. The Kier molecular flexibility index (Phi) is 5.03. The molecule has 0 aromatic heterocycles. The monoisotopic (exact) mass is 163 g/mol. The van der Waals surface area contributed by atoms with E-state index in [4.69, 9.17) is 10.4 Å². The van der Waals surface area contributed by atoms with E-state index in [-0.39, 0.29) is 5.57 Å². The molecule has 12 heavy (non-hydrogen) atoms. The van der Waals surface area contributed by atoms with E-state index in [1.54, 1.807) is 24.3 Å². The van der Waals surface area contributed by atoms with E-state index >= 15 is 0 Å². The van der Waals surface area contributed by atoms with Gasteiger partial charge in [0.1, 0.15) is 11.6 Å². The summed E-state index contributed by atoms with van der Waals surface area (Å²) in [5.41, 5.74) is -0.268. The van der Waals surface area contributed by atoms with E-state index in [1.165, 1.54) is 12.2 Å². The smallest absolute Gasteiger partial charge is 0.346 e. The summed E-state index contributed by atoms with van der Waals surface area (Å²) in [5, 5.41) is 16.7. The predicted molar refractivity (Wildman–Crippen MR) is 45.3 cm³/mol. The summed E-state index contributed by atoms with van der Waals surface area (Å²) < 4.78 is 0. The van der Waals surface area contributed by atoms with Gasteiger partial charge >= 0.3 is 5.97 Å². The zero-order chi connectivity index (χ0) is 9.40. The van der Waals surface area contributed by atoms with Gasteiger partial charge in [-0.3, -0.25) is 0 Å². The van der Waals surface area contributed by atoms with Crippen molar-refractivity contribution in [3.8, 4) is 6.07 Å². The van der Waals surface area contributed by atoms with Crippen molar-refractivity contribution in [3.05, 3.63) is 36.0 Å². The van der Waals surface area contributed by atoms with Crippen LogP contribution < -0.4 is 0 Å². The number of nitrogens with zero attached hydrogens (tertiary/aromatic N) is 1. The summed E-state index contributed by atoms with van der Waals surface area (Å²) in [4.78, 5) is 10.3. The minimum Gasteiger partial charge on any atom is -0.477 e. The number of hydrogen-bond donors (Lipinski definition) is 1. The lowest BCUT2D eigenvalue weighted by Crippen LogP contribution is -1.96. The third kappa shape index (κ3) is 4.07.